The molecule has 0 spiro atoms. The van der Waals surface area contributed by atoms with Crippen LogP contribution in [0.25, 0.3) is 44.3 Å². The summed E-state index contributed by atoms with van der Waals surface area (Å²) in [6.07, 6.45) is 15.8. The Morgan fingerprint density at radius 3 is 1.90 bits per heavy atom. The molecule has 0 radical (unpaired) electrons. The molecule has 0 saturated heterocycles. The normalized spacial score (nSPS) is 19.4. The number of nitrogens with one attached hydrogen (secondary N) is 2. The second-order valence-corrected chi connectivity index (χ2v) is 17.6. The second kappa shape index (κ2) is 19.1. The van der Waals surface area contributed by atoms with E-state index in [0.717, 1.165) is 64.5 Å². The number of aromatic nitrogens is 6. The van der Waals surface area contributed by atoms with Crippen molar-refractivity contribution in [3.63, 3.8) is 0 Å². The van der Waals surface area contributed by atoms with E-state index < -0.39 is 5.60 Å². The zero-order chi connectivity index (χ0) is 41.6. The molecule has 4 aromatic heterocycles. The van der Waals surface area contributed by atoms with Crippen LogP contribution in [0.4, 0.5) is 10.7 Å². The first-order valence-electron chi connectivity index (χ1n) is 20.0. The van der Waals surface area contributed by atoms with Crippen molar-refractivity contribution >= 4 is 68.7 Å². The van der Waals surface area contributed by atoms with Crippen LogP contribution in [-0.4, -0.2) is 58.9 Å². The number of ether oxygens (including phenoxy) is 1. The van der Waals surface area contributed by atoms with Gasteiger partial charge in [-0.1, -0.05) is 79.4 Å². The number of aryl methyl sites for hydroxylation is 2. The predicted octanol–water partition coefficient (Wildman–Crippen LogP) is 11.0. The van der Waals surface area contributed by atoms with Gasteiger partial charge in [0, 0.05) is 77.5 Å². The van der Waals surface area contributed by atoms with Gasteiger partial charge < -0.3 is 30.2 Å². The number of carbonyl (C=O) groups excluding carboxylic acids is 1. The van der Waals surface area contributed by atoms with Crippen molar-refractivity contribution in [1.82, 2.24) is 34.4 Å². The fourth-order valence-corrected chi connectivity index (χ4v) is 8.33. The maximum Gasteiger partial charge on any atom is 0.407 e. The van der Waals surface area contributed by atoms with E-state index in [1.165, 1.54) is 31.9 Å². The van der Waals surface area contributed by atoms with Gasteiger partial charge in [0.15, 0.2) is 0 Å². The molecule has 0 bridgehead atoms. The molecule has 6 aromatic rings. The third-order valence-electron chi connectivity index (χ3n) is 10.5. The Bertz CT molecular complexity index is 2330. The smallest absolute Gasteiger partial charge is 0.407 e. The highest BCUT2D eigenvalue weighted by atomic mass is 35.5. The summed E-state index contributed by atoms with van der Waals surface area (Å²) < 4.78 is 9.51. The number of amides is 1. The molecule has 308 valence electrons. The molecule has 2 saturated carbocycles. The van der Waals surface area contributed by atoms with Crippen LogP contribution in [0.2, 0.25) is 15.3 Å². The minimum absolute atomic E-state index is 0.0564. The standard InChI is InChI=1S/C24H30ClN5O2.C13H9Cl2N3.C7H15N/c1-24(2,3)32-23(31)28-16-9-7-8-15(12-16)27-22-26-13-19(25)21(29-22)18-14-30(4)20-11-6-5-10-17(18)20;1-18-7-9(8-4-2-3-5-11(8)18)12-10(14)6-16-13(15)17-12;1-6-3-2-4-7(8)5-6/h5-6,10-11,13-16H,7-9,12H2,1-4H3,(H,28,31)(H,26,27,29);2-7H,1H3;6-7H,2-5,8H2,1H3/t15-,16+;;6-,7+/m1.0/s1. The van der Waals surface area contributed by atoms with Gasteiger partial charge in [-0.2, -0.15) is 0 Å². The molecule has 0 aliphatic heterocycles. The Labute approximate surface area is 356 Å². The van der Waals surface area contributed by atoms with E-state index in [-0.39, 0.29) is 23.5 Å². The van der Waals surface area contributed by atoms with Crippen LogP contribution in [0, 0.1) is 5.92 Å². The minimum atomic E-state index is -0.508. The van der Waals surface area contributed by atoms with Crippen LogP contribution in [-0.2, 0) is 18.8 Å². The van der Waals surface area contributed by atoms with Crippen LogP contribution in [0.5, 0.6) is 0 Å². The number of alkyl carbamates (subject to hydrolysis) is 1. The van der Waals surface area contributed by atoms with Crippen molar-refractivity contribution in [3.05, 3.63) is 88.6 Å². The average molecular weight is 847 g/mol. The molecule has 1 amide bonds. The molecular formula is C44H54Cl3N9O2. The number of rotatable bonds is 5. The first-order valence-corrected chi connectivity index (χ1v) is 21.1. The Morgan fingerprint density at radius 1 is 0.776 bits per heavy atom. The number of nitrogens with two attached hydrogens (primary N) is 1. The van der Waals surface area contributed by atoms with Gasteiger partial charge in [0.05, 0.1) is 33.8 Å². The molecule has 4 N–H and O–H groups in total. The van der Waals surface area contributed by atoms with E-state index in [1.54, 1.807) is 6.20 Å². The third kappa shape index (κ3) is 11.2. The van der Waals surface area contributed by atoms with Crippen molar-refractivity contribution in [2.45, 2.75) is 103 Å². The first-order chi connectivity index (χ1) is 27.6. The predicted molar refractivity (Wildman–Crippen MR) is 238 cm³/mol. The number of benzene rings is 2. The molecule has 58 heavy (non-hydrogen) atoms. The number of halogens is 3. The summed E-state index contributed by atoms with van der Waals surface area (Å²) in [4.78, 5) is 29.4. The number of hydrogen-bond acceptors (Lipinski definition) is 8. The zero-order valence-electron chi connectivity index (χ0n) is 34.1. The fourth-order valence-electron chi connectivity index (χ4n) is 7.81. The lowest BCUT2D eigenvalue weighted by atomic mass is 9.88. The highest BCUT2D eigenvalue weighted by molar-refractivity contribution is 6.34. The molecule has 8 rings (SSSR count). The Hall–Kier alpha value is -4.42. The molecule has 4 heterocycles. The van der Waals surface area contributed by atoms with Gasteiger partial charge in [-0.15, -0.1) is 0 Å². The number of anilines is 1. The zero-order valence-corrected chi connectivity index (χ0v) is 36.4. The molecular weight excluding hydrogens is 793 g/mol. The maximum atomic E-state index is 12.1. The number of carbonyl (C=O) groups is 1. The topological polar surface area (TPSA) is 138 Å². The summed E-state index contributed by atoms with van der Waals surface area (Å²) in [5, 5.41) is 9.84. The average Bonchev–Trinajstić information content (AvgIpc) is 3.69. The number of nitrogens with zero attached hydrogens (tertiary/aromatic N) is 6. The van der Waals surface area contributed by atoms with Gasteiger partial charge in [-0.05, 0) is 88.9 Å². The van der Waals surface area contributed by atoms with Crippen molar-refractivity contribution < 1.29 is 9.53 Å². The molecule has 2 aromatic carbocycles. The van der Waals surface area contributed by atoms with Gasteiger partial charge >= 0.3 is 6.09 Å². The van der Waals surface area contributed by atoms with Gasteiger partial charge in [0.1, 0.15) is 5.60 Å². The molecule has 2 fully saturated rings. The summed E-state index contributed by atoms with van der Waals surface area (Å²) >= 11 is 18.5. The molecule has 2 aliphatic rings. The Kier molecular flexibility index (Phi) is 14.2. The van der Waals surface area contributed by atoms with Crippen molar-refractivity contribution in [3.8, 4) is 22.5 Å². The van der Waals surface area contributed by atoms with E-state index in [4.69, 9.17) is 50.3 Å². The number of fused-ring (bicyclic) bond motifs is 2. The van der Waals surface area contributed by atoms with Crippen LogP contribution >= 0.6 is 34.8 Å². The van der Waals surface area contributed by atoms with Crippen molar-refractivity contribution in [2.75, 3.05) is 5.32 Å². The number of hydrogen-bond donors (Lipinski definition) is 3. The lowest BCUT2D eigenvalue weighted by Gasteiger charge is -2.31. The van der Waals surface area contributed by atoms with E-state index in [9.17, 15) is 4.79 Å². The first kappa shape index (κ1) is 43.2. The lowest BCUT2D eigenvalue weighted by molar-refractivity contribution is 0.0492. The Balaban J connectivity index is 0.000000181. The van der Waals surface area contributed by atoms with E-state index in [1.807, 2.05) is 82.2 Å². The van der Waals surface area contributed by atoms with Gasteiger partial charge in [0.25, 0.3) is 0 Å². The van der Waals surface area contributed by atoms with Gasteiger partial charge in [-0.3, -0.25) is 0 Å². The molecule has 2 aliphatic carbocycles. The Morgan fingerprint density at radius 2 is 1.33 bits per heavy atom. The SMILES string of the molecule is C[C@H]1CCC[C@@H](N)C1.Cn1cc(-c2nc(Cl)ncc2Cl)c2ccccc21.Cn1cc(-c2nc(N[C@@H]3CCC[C@H](NC(=O)OC(C)(C)C)C3)ncc2Cl)c2ccccc21. The molecule has 0 unspecified atom stereocenters. The van der Waals surface area contributed by atoms with E-state index >= 15 is 0 Å². The van der Waals surface area contributed by atoms with Crippen molar-refractivity contribution in [2.24, 2.45) is 25.7 Å². The van der Waals surface area contributed by atoms with Crippen LogP contribution in [0.3, 0.4) is 0 Å². The highest BCUT2D eigenvalue weighted by Gasteiger charge is 2.26. The molecule has 4 atom stereocenters. The van der Waals surface area contributed by atoms with Gasteiger partial charge in [0.2, 0.25) is 11.2 Å². The van der Waals surface area contributed by atoms with E-state index in [2.05, 4.69) is 55.3 Å². The van der Waals surface area contributed by atoms with Crippen LogP contribution in [0.15, 0.2) is 73.3 Å². The van der Waals surface area contributed by atoms with Crippen LogP contribution in [0.1, 0.15) is 79.1 Å². The molecule has 14 heteroatoms. The summed E-state index contributed by atoms with van der Waals surface area (Å²) in [6, 6.07) is 17.0. The summed E-state index contributed by atoms with van der Waals surface area (Å²) in [6.45, 7) is 7.88. The minimum Gasteiger partial charge on any atom is -0.444 e. The third-order valence-corrected chi connectivity index (χ3v) is 11.2. The summed E-state index contributed by atoms with van der Waals surface area (Å²) in [5.74, 6) is 1.43. The highest BCUT2D eigenvalue weighted by Crippen LogP contribution is 2.35. The van der Waals surface area contributed by atoms with Gasteiger partial charge in [-0.25, -0.2) is 24.7 Å². The summed E-state index contributed by atoms with van der Waals surface area (Å²) in [7, 11) is 4.00. The van der Waals surface area contributed by atoms with Crippen LogP contribution < -0.4 is 16.4 Å². The lowest BCUT2D eigenvalue weighted by Crippen LogP contribution is -2.44. The monoisotopic (exact) mass is 845 g/mol. The summed E-state index contributed by atoms with van der Waals surface area (Å²) in [5.41, 5.74) is 10.8. The quantitative estimate of drug-likeness (QED) is 0.146. The van der Waals surface area contributed by atoms with E-state index in [0.29, 0.717) is 33.4 Å². The molecule has 11 nitrogen and oxygen atoms in total. The fraction of sp³-hybridized carbons (Fsp3) is 0.432. The largest absolute Gasteiger partial charge is 0.444 e. The number of para-hydroxylation sites is 2. The maximum absolute atomic E-state index is 12.1. The van der Waals surface area contributed by atoms with Crippen molar-refractivity contribution in [1.29, 1.82) is 0 Å². The second-order valence-electron chi connectivity index (χ2n) is 16.5.